The maximum atomic E-state index is 14.4. The normalized spacial score (nSPS) is 27.0. The molecule has 1 N–H and O–H groups in total. The van der Waals surface area contributed by atoms with Crippen LogP contribution in [0, 0.1) is 17.7 Å². The van der Waals surface area contributed by atoms with Crippen molar-refractivity contribution in [3.63, 3.8) is 0 Å². The molecule has 1 saturated carbocycles. The molecule has 162 valence electrons. The van der Waals surface area contributed by atoms with Crippen LogP contribution < -0.4 is 10.2 Å². The van der Waals surface area contributed by atoms with Gasteiger partial charge in [0, 0.05) is 11.5 Å². The summed E-state index contributed by atoms with van der Waals surface area (Å²) in [5.74, 6) is -0.295. The third-order valence-electron chi connectivity index (χ3n) is 7.37. The Morgan fingerprint density at radius 3 is 2.55 bits per heavy atom. The van der Waals surface area contributed by atoms with Crippen molar-refractivity contribution in [1.82, 2.24) is 0 Å². The Hall–Kier alpha value is -2.38. The van der Waals surface area contributed by atoms with Gasteiger partial charge >= 0.3 is 13.1 Å². The first-order valence-electron chi connectivity index (χ1n) is 10.7. The Balaban J connectivity index is 1.29. The first-order valence-corrected chi connectivity index (χ1v) is 10.7. The molecule has 2 aromatic rings. The number of carbonyl (C=O) groups is 1. The second kappa shape index (κ2) is 6.81. The van der Waals surface area contributed by atoms with E-state index in [9.17, 15) is 14.3 Å². The summed E-state index contributed by atoms with van der Waals surface area (Å²) >= 11 is 0. The fraction of sp³-hybridized carbons (Fsp3) is 0.458. The number of carboxylic acid groups (broad SMARTS) is 1. The van der Waals surface area contributed by atoms with Crippen molar-refractivity contribution < 1.29 is 28.3 Å². The van der Waals surface area contributed by atoms with E-state index in [1.807, 2.05) is 45.9 Å². The van der Waals surface area contributed by atoms with E-state index < -0.39 is 24.3 Å². The van der Waals surface area contributed by atoms with Crippen LogP contribution in [0.2, 0.25) is 0 Å². The van der Waals surface area contributed by atoms with Gasteiger partial charge in [-0.1, -0.05) is 18.2 Å². The summed E-state index contributed by atoms with van der Waals surface area (Å²) in [6.07, 6.45) is 0.764. The Morgan fingerprint density at radius 1 is 1.16 bits per heavy atom. The highest BCUT2D eigenvalue weighted by Crippen LogP contribution is 2.61. The van der Waals surface area contributed by atoms with Crippen molar-refractivity contribution >= 4 is 18.6 Å². The molecule has 0 bridgehead atoms. The number of hydrogen-bond acceptors (Lipinski definition) is 4. The molecular weight excluding hydrogens is 398 g/mol. The monoisotopic (exact) mass is 424 g/mol. The van der Waals surface area contributed by atoms with E-state index >= 15 is 0 Å². The summed E-state index contributed by atoms with van der Waals surface area (Å²) in [6.45, 7) is 8.02. The number of aliphatic carboxylic acids is 1. The van der Waals surface area contributed by atoms with Crippen molar-refractivity contribution in [3.8, 4) is 5.75 Å². The van der Waals surface area contributed by atoms with Gasteiger partial charge in [-0.2, -0.15) is 0 Å². The second-order valence-electron chi connectivity index (χ2n) is 9.85. The molecule has 0 aromatic heterocycles. The molecule has 2 aliphatic carbocycles. The number of benzene rings is 2. The van der Waals surface area contributed by atoms with E-state index in [1.165, 1.54) is 6.07 Å². The summed E-state index contributed by atoms with van der Waals surface area (Å²) in [4.78, 5) is 11.3. The molecule has 5 rings (SSSR count). The number of halogens is 1. The molecule has 0 spiro atoms. The minimum absolute atomic E-state index is 0.0859. The zero-order valence-electron chi connectivity index (χ0n) is 18.1. The zero-order chi connectivity index (χ0) is 22.1. The predicted molar refractivity (Wildman–Crippen MR) is 114 cm³/mol. The molecule has 1 saturated heterocycles. The average Bonchev–Trinajstić information content (AvgIpc) is 3.21. The molecule has 1 aliphatic heterocycles. The third kappa shape index (κ3) is 3.35. The van der Waals surface area contributed by atoms with Crippen LogP contribution in [0.1, 0.15) is 50.3 Å². The van der Waals surface area contributed by atoms with Crippen LogP contribution in [0.15, 0.2) is 36.4 Å². The quantitative estimate of drug-likeness (QED) is 0.743. The van der Waals surface area contributed by atoms with Crippen LogP contribution in [0.3, 0.4) is 0 Å². The van der Waals surface area contributed by atoms with Crippen LogP contribution in [0.25, 0.3) is 0 Å². The highest BCUT2D eigenvalue weighted by molar-refractivity contribution is 6.62. The summed E-state index contributed by atoms with van der Waals surface area (Å²) in [6, 6.07) is 10.6. The molecule has 7 heteroatoms. The lowest BCUT2D eigenvalue weighted by Gasteiger charge is -2.32. The molecule has 0 amide bonds. The molecule has 3 unspecified atom stereocenters. The highest BCUT2D eigenvalue weighted by Gasteiger charge is 2.59. The van der Waals surface area contributed by atoms with Gasteiger partial charge < -0.3 is 19.2 Å². The Morgan fingerprint density at radius 2 is 1.87 bits per heavy atom. The average molecular weight is 424 g/mol. The highest BCUT2D eigenvalue weighted by atomic mass is 19.1. The van der Waals surface area contributed by atoms with Crippen LogP contribution in [-0.2, 0) is 27.1 Å². The van der Waals surface area contributed by atoms with Gasteiger partial charge in [0.05, 0.1) is 17.1 Å². The van der Waals surface area contributed by atoms with E-state index in [1.54, 1.807) is 12.1 Å². The molecule has 5 nitrogen and oxygen atoms in total. The number of hydrogen-bond donors (Lipinski definition) is 1. The Labute approximate surface area is 181 Å². The van der Waals surface area contributed by atoms with E-state index in [0.717, 1.165) is 23.0 Å². The summed E-state index contributed by atoms with van der Waals surface area (Å²) in [5, 5.41) is 9.26. The van der Waals surface area contributed by atoms with Gasteiger partial charge in [0.25, 0.3) is 0 Å². The number of rotatable bonds is 5. The second-order valence-corrected chi connectivity index (χ2v) is 9.85. The predicted octanol–water partition coefficient (Wildman–Crippen LogP) is 3.67. The van der Waals surface area contributed by atoms with Gasteiger partial charge in [0.1, 0.15) is 18.2 Å². The van der Waals surface area contributed by atoms with Gasteiger partial charge in [0.15, 0.2) is 0 Å². The molecular formula is C24H26BFO5. The molecule has 31 heavy (non-hydrogen) atoms. The van der Waals surface area contributed by atoms with Gasteiger partial charge in [-0.25, -0.2) is 4.39 Å². The fourth-order valence-electron chi connectivity index (χ4n) is 4.81. The molecule has 2 aromatic carbocycles. The zero-order valence-corrected chi connectivity index (χ0v) is 18.1. The number of ether oxygens (including phenoxy) is 1. The first kappa shape index (κ1) is 20.5. The van der Waals surface area contributed by atoms with E-state index in [-0.39, 0.29) is 30.2 Å². The van der Waals surface area contributed by atoms with Crippen molar-refractivity contribution in [1.29, 1.82) is 0 Å². The summed E-state index contributed by atoms with van der Waals surface area (Å²) in [7, 11) is -0.557. The van der Waals surface area contributed by atoms with Crippen LogP contribution in [0.4, 0.5) is 4.39 Å². The Bertz CT molecular complexity index is 1050. The lowest BCUT2D eigenvalue weighted by Crippen LogP contribution is -2.41. The maximum Gasteiger partial charge on any atom is 0.494 e. The van der Waals surface area contributed by atoms with E-state index in [4.69, 9.17) is 14.0 Å². The van der Waals surface area contributed by atoms with Crippen molar-refractivity contribution in [2.45, 2.75) is 57.8 Å². The van der Waals surface area contributed by atoms with E-state index in [2.05, 4.69) is 0 Å². The SMILES string of the molecule is CC1(C)OB(c2ccc(F)c(COc3ccc4c(c3)CC3C(C(=O)O)C43)c2)OC1(C)C. The standard InChI is InChI=1S/C24H26BFO5/c1-23(2)24(3,4)31-25(30-23)15-5-8-19(26)14(9-15)12-29-16-6-7-17-13(10-16)11-18-20(17)21(18)22(27)28/h5-10,18,20-21H,11-12H2,1-4H3,(H,27,28). The topological polar surface area (TPSA) is 65.0 Å². The maximum absolute atomic E-state index is 14.4. The number of fused-ring (bicyclic) bond motifs is 3. The van der Waals surface area contributed by atoms with Crippen molar-refractivity contribution in [3.05, 3.63) is 58.9 Å². The summed E-state index contributed by atoms with van der Waals surface area (Å²) in [5.41, 5.74) is 2.50. The number of carboxylic acids is 1. The molecule has 1 heterocycles. The van der Waals surface area contributed by atoms with Crippen LogP contribution >= 0.6 is 0 Å². The van der Waals surface area contributed by atoms with Gasteiger partial charge in [-0.3, -0.25) is 4.79 Å². The van der Waals surface area contributed by atoms with E-state index in [0.29, 0.717) is 11.3 Å². The lowest BCUT2D eigenvalue weighted by atomic mass is 9.78. The summed E-state index contributed by atoms with van der Waals surface area (Å²) < 4.78 is 32.5. The third-order valence-corrected chi connectivity index (χ3v) is 7.37. The first-order chi connectivity index (χ1) is 14.6. The van der Waals surface area contributed by atoms with Gasteiger partial charge in [0.2, 0.25) is 0 Å². The van der Waals surface area contributed by atoms with Gasteiger partial charge in [-0.05, 0) is 74.8 Å². The van der Waals surface area contributed by atoms with Gasteiger partial charge in [-0.15, -0.1) is 0 Å². The minimum atomic E-state index is -0.710. The molecule has 3 atom stereocenters. The van der Waals surface area contributed by atoms with Crippen molar-refractivity contribution in [2.75, 3.05) is 0 Å². The lowest BCUT2D eigenvalue weighted by molar-refractivity contribution is -0.139. The Kier molecular flexibility index (Phi) is 4.51. The van der Waals surface area contributed by atoms with Crippen molar-refractivity contribution in [2.24, 2.45) is 11.8 Å². The molecule has 0 radical (unpaired) electrons. The molecule has 2 fully saturated rings. The largest absolute Gasteiger partial charge is 0.494 e. The minimum Gasteiger partial charge on any atom is -0.489 e. The fourth-order valence-corrected chi connectivity index (χ4v) is 4.81. The smallest absolute Gasteiger partial charge is 0.489 e. The van der Waals surface area contributed by atoms with Crippen LogP contribution in [0.5, 0.6) is 5.75 Å². The van der Waals surface area contributed by atoms with Crippen LogP contribution in [-0.4, -0.2) is 29.4 Å². The molecule has 3 aliphatic rings.